The number of urea groups is 1. The van der Waals surface area contributed by atoms with Crippen molar-refractivity contribution >= 4 is 34.9 Å². The quantitative estimate of drug-likeness (QED) is 0.815. The molecule has 1 aromatic carbocycles. The number of anilines is 1. The first-order valence-corrected chi connectivity index (χ1v) is 6.24. The fraction of sp³-hybridized carbons (Fsp3) is 0.308. The zero-order chi connectivity index (χ0) is 13.8. The van der Waals surface area contributed by atoms with Crippen LogP contribution in [-0.4, -0.2) is 6.03 Å². The molecule has 2 amide bonds. The van der Waals surface area contributed by atoms with Crippen LogP contribution >= 0.6 is 23.2 Å². The van der Waals surface area contributed by atoms with Crippen molar-refractivity contribution in [3.05, 3.63) is 40.5 Å². The summed E-state index contributed by atoms with van der Waals surface area (Å²) in [5.74, 6) is 0. The predicted octanol–water partition coefficient (Wildman–Crippen LogP) is 4.67. The largest absolute Gasteiger partial charge is 0.323 e. The normalized spacial score (nSPS) is 11.6. The van der Waals surface area contributed by atoms with Gasteiger partial charge in [-0.1, -0.05) is 50.0 Å². The first kappa shape index (κ1) is 14.9. The number of benzene rings is 1. The van der Waals surface area contributed by atoms with Gasteiger partial charge in [-0.05, 0) is 23.6 Å². The molecule has 5 heteroatoms. The van der Waals surface area contributed by atoms with E-state index in [0.29, 0.717) is 15.7 Å². The number of hydrogen-bond donors (Lipinski definition) is 2. The summed E-state index contributed by atoms with van der Waals surface area (Å²) in [4.78, 5) is 11.6. The molecule has 0 fully saturated rings. The third kappa shape index (κ3) is 5.43. The van der Waals surface area contributed by atoms with Crippen LogP contribution in [0.1, 0.15) is 20.8 Å². The second-order valence-corrected chi connectivity index (χ2v) is 5.77. The minimum absolute atomic E-state index is 0.0149. The monoisotopic (exact) mass is 286 g/mol. The molecule has 0 heterocycles. The third-order valence-electron chi connectivity index (χ3n) is 1.97. The molecule has 0 aliphatic rings. The number of rotatable bonds is 2. The lowest BCUT2D eigenvalue weighted by molar-refractivity contribution is 0.255. The minimum atomic E-state index is -0.361. The SMILES string of the molecule is CC(C)(C)/C=C/NC(=O)Nc1cc(Cl)ccc1Cl. The molecule has 0 unspecified atom stereocenters. The van der Waals surface area contributed by atoms with Crippen LogP contribution in [0.25, 0.3) is 0 Å². The van der Waals surface area contributed by atoms with Gasteiger partial charge in [0.2, 0.25) is 0 Å². The number of carbonyl (C=O) groups is 1. The number of nitrogens with one attached hydrogen (secondary N) is 2. The Morgan fingerprint density at radius 3 is 2.56 bits per heavy atom. The fourth-order valence-corrected chi connectivity index (χ4v) is 1.46. The van der Waals surface area contributed by atoms with Gasteiger partial charge >= 0.3 is 6.03 Å². The molecule has 0 atom stereocenters. The lowest BCUT2D eigenvalue weighted by atomic mass is 9.97. The van der Waals surface area contributed by atoms with E-state index >= 15 is 0 Å². The van der Waals surface area contributed by atoms with Gasteiger partial charge in [-0.3, -0.25) is 0 Å². The van der Waals surface area contributed by atoms with Crippen molar-refractivity contribution in [2.24, 2.45) is 5.41 Å². The van der Waals surface area contributed by atoms with Crippen LogP contribution in [0.2, 0.25) is 10.0 Å². The molecule has 0 saturated heterocycles. The first-order chi connectivity index (χ1) is 8.28. The van der Waals surface area contributed by atoms with Gasteiger partial charge in [-0.15, -0.1) is 0 Å². The number of amides is 2. The van der Waals surface area contributed by atoms with E-state index in [4.69, 9.17) is 23.2 Å². The van der Waals surface area contributed by atoms with Crippen LogP contribution in [0.3, 0.4) is 0 Å². The molecule has 0 radical (unpaired) electrons. The van der Waals surface area contributed by atoms with Gasteiger partial charge in [0.15, 0.2) is 0 Å². The second-order valence-electron chi connectivity index (χ2n) is 4.92. The van der Waals surface area contributed by atoms with E-state index in [9.17, 15) is 4.79 Å². The Labute approximate surface area is 117 Å². The van der Waals surface area contributed by atoms with Crippen molar-refractivity contribution in [2.45, 2.75) is 20.8 Å². The summed E-state index contributed by atoms with van der Waals surface area (Å²) >= 11 is 11.7. The van der Waals surface area contributed by atoms with Crippen LogP contribution < -0.4 is 10.6 Å². The Morgan fingerprint density at radius 2 is 1.94 bits per heavy atom. The van der Waals surface area contributed by atoms with E-state index in [0.717, 1.165) is 0 Å². The number of hydrogen-bond acceptors (Lipinski definition) is 1. The van der Waals surface area contributed by atoms with Crippen molar-refractivity contribution in [3.8, 4) is 0 Å². The molecule has 1 aromatic rings. The molecule has 0 bridgehead atoms. The standard InChI is InChI=1S/C13H16Cl2N2O/c1-13(2,3)6-7-16-12(18)17-11-8-9(14)4-5-10(11)15/h4-8H,1-3H3,(H2,16,17,18)/b7-6+. The fourth-order valence-electron chi connectivity index (χ4n) is 1.12. The van der Waals surface area contributed by atoms with E-state index < -0.39 is 0 Å². The zero-order valence-corrected chi connectivity index (χ0v) is 12.1. The summed E-state index contributed by atoms with van der Waals surface area (Å²) in [7, 11) is 0. The Balaban J connectivity index is 2.60. The van der Waals surface area contributed by atoms with E-state index in [1.807, 2.05) is 26.8 Å². The molecule has 0 aromatic heterocycles. The molecule has 1 rings (SSSR count). The van der Waals surface area contributed by atoms with Crippen molar-refractivity contribution < 1.29 is 4.79 Å². The Kier molecular flexibility index (Phi) is 5.05. The zero-order valence-electron chi connectivity index (χ0n) is 10.6. The van der Waals surface area contributed by atoms with Crippen LogP contribution in [0, 0.1) is 5.41 Å². The van der Waals surface area contributed by atoms with Gasteiger partial charge < -0.3 is 10.6 Å². The highest BCUT2D eigenvalue weighted by atomic mass is 35.5. The minimum Gasteiger partial charge on any atom is -0.315 e. The first-order valence-electron chi connectivity index (χ1n) is 5.48. The average molecular weight is 287 g/mol. The van der Waals surface area contributed by atoms with Crippen LogP contribution in [0.15, 0.2) is 30.5 Å². The van der Waals surface area contributed by atoms with E-state index in [1.54, 1.807) is 24.4 Å². The Hall–Kier alpha value is -1.19. The number of halogens is 2. The summed E-state index contributed by atoms with van der Waals surface area (Å²) < 4.78 is 0. The Morgan fingerprint density at radius 1 is 1.28 bits per heavy atom. The molecule has 0 aliphatic heterocycles. The second kappa shape index (κ2) is 6.12. The smallest absolute Gasteiger partial charge is 0.315 e. The highest BCUT2D eigenvalue weighted by Gasteiger charge is 2.06. The van der Waals surface area contributed by atoms with Crippen molar-refractivity contribution in [1.82, 2.24) is 5.32 Å². The molecule has 0 spiro atoms. The van der Waals surface area contributed by atoms with Gasteiger partial charge in [0.25, 0.3) is 0 Å². The van der Waals surface area contributed by atoms with Crippen LogP contribution in [0.5, 0.6) is 0 Å². The van der Waals surface area contributed by atoms with Gasteiger partial charge in [0.1, 0.15) is 0 Å². The molecule has 18 heavy (non-hydrogen) atoms. The summed E-state index contributed by atoms with van der Waals surface area (Å²) in [5.41, 5.74) is 0.492. The molecule has 98 valence electrons. The van der Waals surface area contributed by atoms with Gasteiger partial charge in [-0.25, -0.2) is 4.79 Å². The lowest BCUT2D eigenvalue weighted by Gasteiger charge is -2.11. The van der Waals surface area contributed by atoms with Crippen LogP contribution in [-0.2, 0) is 0 Å². The predicted molar refractivity (Wildman–Crippen MR) is 77.2 cm³/mol. The highest BCUT2D eigenvalue weighted by Crippen LogP contribution is 2.25. The van der Waals surface area contributed by atoms with Crippen molar-refractivity contribution in [3.63, 3.8) is 0 Å². The van der Waals surface area contributed by atoms with Crippen molar-refractivity contribution in [1.29, 1.82) is 0 Å². The molecule has 0 aliphatic carbocycles. The molecule has 3 nitrogen and oxygen atoms in total. The van der Waals surface area contributed by atoms with E-state index in [-0.39, 0.29) is 11.4 Å². The van der Waals surface area contributed by atoms with E-state index in [1.165, 1.54) is 0 Å². The van der Waals surface area contributed by atoms with Crippen molar-refractivity contribution in [2.75, 3.05) is 5.32 Å². The summed E-state index contributed by atoms with van der Waals surface area (Å²) in [6, 6.07) is 4.52. The topological polar surface area (TPSA) is 41.1 Å². The summed E-state index contributed by atoms with van der Waals surface area (Å²) in [6.07, 6.45) is 3.50. The van der Waals surface area contributed by atoms with Gasteiger partial charge in [0, 0.05) is 11.2 Å². The highest BCUT2D eigenvalue weighted by molar-refractivity contribution is 6.35. The maximum absolute atomic E-state index is 11.6. The van der Waals surface area contributed by atoms with Crippen LogP contribution in [0.4, 0.5) is 10.5 Å². The van der Waals surface area contributed by atoms with E-state index in [2.05, 4.69) is 10.6 Å². The maximum Gasteiger partial charge on any atom is 0.323 e. The average Bonchev–Trinajstić information content (AvgIpc) is 2.21. The number of allylic oxidation sites excluding steroid dienone is 1. The molecule has 2 N–H and O–H groups in total. The maximum atomic E-state index is 11.6. The summed E-state index contributed by atoms with van der Waals surface area (Å²) in [6.45, 7) is 6.12. The Bertz CT molecular complexity index is 465. The third-order valence-corrected chi connectivity index (χ3v) is 2.54. The summed E-state index contributed by atoms with van der Waals surface area (Å²) in [5, 5.41) is 6.17. The molecule has 0 saturated carbocycles. The number of carbonyl (C=O) groups excluding carboxylic acids is 1. The molecular formula is C13H16Cl2N2O. The lowest BCUT2D eigenvalue weighted by Crippen LogP contribution is -2.24. The van der Waals surface area contributed by atoms with Gasteiger partial charge in [-0.2, -0.15) is 0 Å². The molecular weight excluding hydrogens is 271 g/mol. The van der Waals surface area contributed by atoms with Gasteiger partial charge in [0.05, 0.1) is 10.7 Å².